The molecule has 0 aliphatic heterocycles. The molecule has 0 aromatic carbocycles. The van der Waals surface area contributed by atoms with Crippen LogP contribution in [0, 0.1) is 52.3 Å². The average molecular weight is 450 g/mol. The summed E-state index contributed by atoms with van der Waals surface area (Å²) in [6, 6.07) is 5.51. The van der Waals surface area contributed by atoms with Gasteiger partial charge in [-0.05, 0) is 111 Å². The number of aromatic nitrogens is 1. The van der Waals surface area contributed by atoms with E-state index in [1.165, 1.54) is 31.9 Å². The molecule has 8 atom stereocenters. The van der Waals surface area contributed by atoms with Gasteiger partial charge in [-0.25, -0.2) is 4.98 Å². The maximum atomic E-state index is 13.3. The summed E-state index contributed by atoms with van der Waals surface area (Å²) < 4.78 is 0. The lowest BCUT2D eigenvalue weighted by molar-refractivity contribution is -0.130. The summed E-state index contributed by atoms with van der Waals surface area (Å²) in [5.41, 5.74) is 0.162. The number of carbonyl (C=O) groups is 1. The van der Waals surface area contributed by atoms with Gasteiger partial charge in [-0.2, -0.15) is 5.26 Å². The molecule has 5 nitrogen and oxygen atoms in total. The fourth-order valence-corrected chi connectivity index (χ4v) is 8.83. The molecule has 4 saturated carbocycles. The maximum Gasteiger partial charge on any atom is 0.229 e. The van der Waals surface area contributed by atoms with Gasteiger partial charge in [0, 0.05) is 12.1 Å². The van der Waals surface area contributed by atoms with Crippen molar-refractivity contribution in [2.75, 3.05) is 5.32 Å². The molecule has 5 heteroatoms. The number of carbonyl (C=O) groups excluding carboxylic acids is 1. The largest absolute Gasteiger partial charge is 0.390 e. The standard InChI is InChI=1S/C28H39N3O2/c1-3-12-28(33)14-11-20-19(15-28)5-6-22-21(20)10-13-27(2)23(22)7-8-24(27)26(32)31-25-9-4-18(16-29)17-30-25/h4,9,17,19-24,33H,3,5-8,10-15H2,1-2H3,(H,30,31,32). The van der Waals surface area contributed by atoms with Gasteiger partial charge >= 0.3 is 0 Å². The highest BCUT2D eigenvalue weighted by Gasteiger charge is 2.59. The zero-order valence-corrected chi connectivity index (χ0v) is 20.2. The lowest BCUT2D eigenvalue weighted by Gasteiger charge is -2.57. The van der Waals surface area contributed by atoms with Crippen molar-refractivity contribution < 1.29 is 9.90 Å². The van der Waals surface area contributed by atoms with E-state index in [1.807, 2.05) is 0 Å². The van der Waals surface area contributed by atoms with E-state index in [4.69, 9.17) is 5.26 Å². The lowest BCUT2D eigenvalue weighted by atomic mass is 9.49. The minimum atomic E-state index is -0.415. The first kappa shape index (κ1) is 22.8. The summed E-state index contributed by atoms with van der Waals surface area (Å²) in [6.45, 7) is 4.57. The molecule has 4 aliphatic rings. The second-order valence-corrected chi connectivity index (χ2v) is 11.9. The first-order valence-electron chi connectivity index (χ1n) is 13.3. The van der Waals surface area contributed by atoms with Crippen LogP contribution in [0.3, 0.4) is 0 Å². The zero-order valence-electron chi connectivity index (χ0n) is 20.2. The van der Waals surface area contributed by atoms with Gasteiger partial charge in [-0.3, -0.25) is 4.79 Å². The summed E-state index contributed by atoms with van der Waals surface area (Å²) in [5.74, 6) is 4.33. The van der Waals surface area contributed by atoms with Crippen LogP contribution in [-0.2, 0) is 4.79 Å². The number of hydrogen-bond acceptors (Lipinski definition) is 4. The number of anilines is 1. The Bertz CT molecular complexity index is 924. The van der Waals surface area contributed by atoms with Crippen LogP contribution in [0.25, 0.3) is 0 Å². The quantitative estimate of drug-likeness (QED) is 0.618. The number of amides is 1. The number of nitriles is 1. The van der Waals surface area contributed by atoms with Crippen LogP contribution in [0.15, 0.2) is 18.3 Å². The Hall–Kier alpha value is -1.93. The number of hydrogen-bond donors (Lipinski definition) is 2. The van der Waals surface area contributed by atoms with Crippen molar-refractivity contribution in [3.05, 3.63) is 23.9 Å². The molecule has 2 N–H and O–H groups in total. The van der Waals surface area contributed by atoms with Crippen LogP contribution in [0.5, 0.6) is 0 Å². The Morgan fingerprint density at radius 1 is 1.15 bits per heavy atom. The van der Waals surface area contributed by atoms with Crippen LogP contribution >= 0.6 is 0 Å². The Balaban J connectivity index is 1.27. The van der Waals surface area contributed by atoms with E-state index in [1.54, 1.807) is 12.1 Å². The normalized spacial score (nSPS) is 41.9. The third-order valence-electron chi connectivity index (χ3n) is 10.3. The predicted octanol–water partition coefficient (Wildman–Crippen LogP) is 5.69. The number of aliphatic hydroxyl groups is 1. The van der Waals surface area contributed by atoms with E-state index >= 15 is 0 Å². The second-order valence-electron chi connectivity index (χ2n) is 11.9. The molecule has 8 unspecified atom stereocenters. The lowest BCUT2D eigenvalue weighted by Crippen LogP contribution is -2.51. The maximum absolute atomic E-state index is 13.3. The third kappa shape index (κ3) is 3.99. The van der Waals surface area contributed by atoms with E-state index in [0.717, 1.165) is 62.7 Å². The van der Waals surface area contributed by atoms with Crippen LogP contribution in [0.4, 0.5) is 5.82 Å². The number of nitrogens with zero attached hydrogens (tertiary/aromatic N) is 2. The number of nitrogens with one attached hydrogen (secondary N) is 1. The Kier molecular flexibility index (Phi) is 6.02. The van der Waals surface area contributed by atoms with Crippen LogP contribution < -0.4 is 5.32 Å². The molecule has 1 aromatic heterocycles. The Morgan fingerprint density at radius 3 is 2.70 bits per heavy atom. The van der Waals surface area contributed by atoms with Crippen molar-refractivity contribution in [2.24, 2.45) is 40.9 Å². The SMILES string of the molecule is CCCC1(O)CCC2C(CCC3C2CCC2(C)C(C(=O)Nc4ccc(C#N)cn4)CCC32)C1. The molecular weight excluding hydrogens is 410 g/mol. The third-order valence-corrected chi connectivity index (χ3v) is 10.3. The smallest absolute Gasteiger partial charge is 0.229 e. The van der Waals surface area contributed by atoms with E-state index in [-0.39, 0.29) is 17.2 Å². The van der Waals surface area contributed by atoms with Crippen LogP contribution in [0.2, 0.25) is 0 Å². The molecular formula is C28H39N3O2. The minimum Gasteiger partial charge on any atom is -0.390 e. The van der Waals surface area contributed by atoms with Gasteiger partial charge in [0.25, 0.3) is 0 Å². The molecule has 0 bridgehead atoms. The van der Waals surface area contributed by atoms with Gasteiger partial charge in [0.2, 0.25) is 5.91 Å². The Morgan fingerprint density at radius 2 is 1.97 bits per heavy atom. The van der Waals surface area contributed by atoms with Crippen molar-refractivity contribution in [3.8, 4) is 6.07 Å². The van der Waals surface area contributed by atoms with Gasteiger partial charge in [-0.1, -0.05) is 20.3 Å². The highest BCUT2D eigenvalue weighted by atomic mass is 16.3. The highest BCUT2D eigenvalue weighted by molar-refractivity contribution is 5.92. The zero-order chi connectivity index (χ0) is 23.2. The van der Waals surface area contributed by atoms with E-state index < -0.39 is 5.60 Å². The Labute approximate surface area is 198 Å². The van der Waals surface area contributed by atoms with Gasteiger partial charge in [0.1, 0.15) is 11.9 Å². The van der Waals surface area contributed by atoms with Crippen LogP contribution in [-0.4, -0.2) is 21.6 Å². The first-order valence-corrected chi connectivity index (χ1v) is 13.3. The highest BCUT2D eigenvalue weighted by Crippen LogP contribution is 2.64. The molecule has 33 heavy (non-hydrogen) atoms. The molecule has 0 radical (unpaired) electrons. The molecule has 1 amide bonds. The van der Waals surface area contributed by atoms with Crippen molar-refractivity contribution in [3.63, 3.8) is 0 Å². The molecule has 1 heterocycles. The van der Waals surface area contributed by atoms with Crippen molar-refractivity contribution in [1.82, 2.24) is 4.98 Å². The molecule has 0 saturated heterocycles. The van der Waals surface area contributed by atoms with E-state index in [2.05, 4.69) is 30.2 Å². The number of rotatable bonds is 4. The fourth-order valence-electron chi connectivity index (χ4n) is 8.83. The first-order chi connectivity index (χ1) is 15.9. The monoisotopic (exact) mass is 449 g/mol. The van der Waals surface area contributed by atoms with Gasteiger partial charge < -0.3 is 10.4 Å². The summed E-state index contributed by atoms with van der Waals surface area (Å²) in [5, 5.41) is 23.1. The van der Waals surface area contributed by atoms with Crippen molar-refractivity contribution >= 4 is 11.7 Å². The topological polar surface area (TPSA) is 86.0 Å². The second kappa shape index (κ2) is 8.69. The average Bonchev–Trinajstić information content (AvgIpc) is 3.16. The van der Waals surface area contributed by atoms with Gasteiger partial charge in [-0.15, -0.1) is 0 Å². The molecule has 5 rings (SSSR count). The predicted molar refractivity (Wildman–Crippen MR) is 128 cm³/mol. The molecule has 1 aromatic rings. The van der Waals surface area contributed by atoms with E-state index in [0.29, 0.717) is 23.2 Å². The fraction of sp³-hybridized carbons (Fsp3) is 0.750. The van der Waals surface area contributed by atoms with E-state index in [9.17, 15) is 9.90 Å². The molecule has 4 aliphatic carbocycles. The summed E-state index contributed by atoms with van der Waals surface area (Å²) in [7, 11) is 0. The van der Waals surface area contributed by atoms with Gasteiger partial charge in [0.15, 0.2) is 0 Å². The summed E-state index contributed by atoms with van der Waals surface area (Å²) >= 11 is 0. The number of fused-ring (bicyclic) bond motifs is 5. The van der Waals surface area contributed by atoms with Crippen molar-refractivity contribution in [2.45, 2.75) is 90.1 Å². The minimum absolute atomic E-state index is 0.0413. The summed E-state index contributed by atoms with van der Waals surface area (Å²) in [6.07, 6.45) is 13.8. The number of pyridine rings is 1. The van der Waals surface area contributed by atoms with Crippen molar-refractivity contribution in [1.29, 1.82) is 5.26 Å². The molecule has 4 fully saturated rings. The molecule has 178 valence electrons. The van der Waals surface area contributed by atoms with Crippen LogP contribution in [0.1, 0.15) is 90.0 Å². The summed E-state index contributed by atoms with van der Waals surface area (Å²) in [4.78, 5) is 17.6. The van der Waals surface area contributed by atoms with Gasteiger partial charge in [0.05, 0.1) is 11.2 Å². The molecule has 0 spiro atoms.